The van der Waals surface area contributed by atoms with Crippen molar-refractivity contribution in [1.29, 1.82) is 0 Å². The Balaban J connectivity index is 1.44. The molecule has 0 bridgehead atoms. The zero-order valence-corrected chi connectivity index (χ0v) is 18.8. The van der Waals surface area contributed by atoms with E-state index < -0.39 is 11.9 Å². The molecule has 8 nitrogen and oxygen atoms in total. The van der Waals surface area contributed by atoms with E-state index in [-0.39, 0.29) is 36.4 Å². The lowest BCUT2D eigenvalue weighted by Crippen LogP contribution is -2.42. The van der Waals surface area contributed by atoms with Gasteiger partial charge in [0.15, 0.2) is 11.6 Å². The second-order valence-electron chi connectivity index (χ2n) is 8.76. The van der Waals surface area contributed by atoms with E-state index in [0.29, 0.717) is 0 Å². The summed E-state index contributed by atoms with van der Waals surface area (Å²) in [4.78, 5) is 24.3. The number of piperazine rings is 1. The largest absolute Gasteiger partial charge is 0.447 e. The number of carbonyl (C=O) groups is 1. The van der Waals surface area contributed by atoms with Crippen LogP contribution in [-0.2, 0) is 11.3 Å². The number of ether oxygens (including phenoxy) is 1. The third kappa shape index (κ3) is 4.99. The number of cyclic esters (lactones) is 1. The number of nitrogens with one attached hydrogen (secondary N) is 2. The van der Waals surface area contributed by atoms with Crippen LogP contribution in [0.5, 0.6) is 0 Å². The second-order valence-corrected chi connectivity index (χ2v) is 8.76. The molecule has 1 aromatic heterocycles. The molecule has 4 rings (SSSR count). The zero-order chi connectivity index (χ0) is 22.7. The summed E-state index contributed by atoms with van der Waals surface area (Å²) in [6.07, 6.45) is 0.511. The van der Waals surface area contributed by atoms with Gasteiger partial charge in [-0.2, -0.15) is 4.98 Å². The van der Waals surface area contributed by atoms with Crippen molar-refractivity contribution in [3.63, 3.8) is 0 Å². The lowest BCUT2D eigenvalue weighted by molar-refractivity contribution is 0.177. The van der Waals surface area contributed by atoms with E-state index in [1.54, 1.807) is 0 Å². The molecule has 2 atom stereocenters. The smallest absolute Gasteiger partial charge is 0.416 e. The van der Waals surface area contributed by atoms with Crippen LogP contribution in [0.1, 0.15) is 37.9 Å². The molecular formula is C23H31FN6O2. The molecule has 32 heavy (non-hydrogen) atoms. The number of rotatable bonds is 7. The Hall–Kier alpha value is -2.78. The molecule has 0 spiro atoms. The van der Waals surface area contributed by atoms with Gasteiger partial charge in [0.1, 0.15) is 6.61 Å². The summed E-state index contributed by atoms with van der Waals surface area (Å²) < 4.78 is 19.7. The molecule has 0 aliphatic carbocycles. The minimum absolute atomic E-state index is 0.0535. The lowest BCUT2D eigenvalue weighted by atomic mass is 10.0. The van der Waals surface area contributed by atoms with Gasteiger partial charge < -0.3 is 15.4 Å². The fraction of sp³-hybridized carbons (Fsp3) is 0.522. The van der Waals surface area contributed by atoms with Crippen molar-refractivity contribution in [2.75, 3.05) is 43.0 Å². The van der Waals surface area contributed by atoms with Gasteiger partial charge >= 0.3 is 6.09 Å². The van der Waals surface area contributed by atoms with E-state index in [0.717, 1.165) is 44.5 Å². The number of aromatic nitrogens is 2. The normalized spacial score (nSPS) is 20.5. The van der Waals surface area contributed by atoms with Gasteiger partial charge in [-0.15, -0.1) is 0 Å². The third-order valence-electron chi connectivity index (χ3n) is 6.07. The van der Waals surface area contributed by atoms with Gasteiger partial charge in [-0.05, 0) is 24.0 Å². The third-order valence-corrected chi connectivity index (χ3v) is 6.07. The molecule has 3 heterocycles. The maximum atomic E-state index is 14.5. The maximum absolute atomic E-state index is 14.5. The minimum atomic E-state index is -0.648. The van der Waals surface area contributed by atoms with E-state index in [1.807, 2.05) is 20.8 Å². The van der Waals surface area contributed by atoms with Crippen molar-refractivity contribution in [1.82, 2.24) is 20.2 Å². The first-order valence-electron chi connectivity index (χ1n) is 11.2. The Labute approximate surface area is 188 Å². The van der Waals surface area contributed by atoms with E-state index in [1.165, 1.54) is 10.5 Å². The van der Waals surface area contributed by atoms with Crippen LogP contribution < -0.4 is 15.5 Å². The van der Waals surface area contributed by atoms with Gasteiger partial charge in [0.25, 0.3) is 0 Å². The average molecular weight is 443 g/mol. The van der Waals surface area contributed by atoms with Gasteiger partial charge in [0, 0.05) is 32.7 Å². The van der Waals surface area contributed by atoms with Gasteiger partial charge in [0.2, 0.25) is 5.95 Å². The van der Waals surface area contributed by atoms with Crippen LogP contribution in [0.3, 0.4) is 0 Å². The van der Waals surface area contributed by atoms with Crippen molar-refractivity contribution in [3.05, 3.63) is 47.4 Å². The minimum Gasteiger partial charge on any atom is -0.447 e. The standard InChI is InChI=1S/C23H31FN6O2/c1-15(2)20-14-32-23(31)30(20)21-19(24)12-26-22(28-21)27-16(3)18-6-4-17(5-7-18)13-29-10-8-25-9-11-29/h4-7,12,15-16,20,25H,8-11,13-14H2,1-3H3,(H,26,27,28)/t16?,20-/m1/s1. The number of nitrogens with zero attached hydrogens (tertiary/aromatic N) is 4. The Morgan fingerprint density at radius 3 is 2.62 bits per heavy atom. The number of hydrogen-bond acceptors (Lipinski definition) is 7. The van der Waals surface area contributed by atoms with E-state index >= 15 is 0 Å². The number of amides is 1. The summed E-state index contributed by atoms with van der Waals surface area (Å²) in [5.41, 5.74) is 2.35. The maximum Gasteiger partial charge on any atom is 0.416 e. The Kier molecular flexibility index (Phi) is 6.86. The molecule has 2 aliphatic heterocycles. The first-order chi connectivity index (χ1) is 15.4. The topological polar surface area (TPSA) is 82.6 Å². The molecule has 2 N–H and O–H groups in total. The summed E-state index contributed by atoms with van der Waals surface area (Å²) >= 11 is 0. The summed E-state index contributed by atoms with van der Waals surface area (Å²) in [6.45, 7) is 11.3. The number of halogens is 1. The summed E-state index contributed by atoms with van der Waals surface area (Å²) in [6, 6.07) is 8.10. The van der Waals surface area contributed by atoms with Crippen molar-refractivity contribution in [2.45, 2.75) is 39.4 Å². The molecule has 1 unspecified atom stereocenters. The van der Waals surface area contributed by atoms with Gasteiger partial charge in [-0.1, -0.05) is 38.1 Å². The molecule has 0 saturated carbocycles. The number of hydrogen-bond donors (Lipinski definition) is 2. The Morgan fingerprint density at radius 2 is 1.94 bits per heavy atom. The monoisotopic (exact) mass is 442 g/mol. The van der Waals surface area contributed by atoms with E-state index in [4.69, 9.17) is 4.74 Å². The Morgan fingerprint density at radius 1 is 1.22 bits per heavy atom. The molecule has 2 aliphatic rings. The first-order valence-corrected chi connectivity index (χ1v) is 11.2. The molecule has 172 valence electrons. The molecule has 2 saturated heterocycles. The predicted octanol–water partition coefficient (Wildman–Crippen LogP) is 3.18. The highest BCUT2D eigenvalue weighted by atomic mass is 19.1. The van der Waals surface area contributed by atoms with Gasteiger partial charge in [0.05, 0.1) is 18.3 Å². The lowest BCUT2D eigenvalue weighted by Gasteiger charge is -2.27. The van der Waals surface area contributed by atoms with Crippen LogP contribution in [0.15, 0.2) is 30.5 Å². The number of carbonyl (C=O) groups excluding carboxylic acids is 1. The van der Waals surface area contributed by atoms with E-state index in [2.05, 4.69) is 49.8 Å². The molecule has 0 radical (unpaired) electrons. The number of anilines is 2. The van der Waals surface area contributed by atoms with Crippen molar-refractivity contribution in [3.8, 4) is 0 Å². The molecule has 2 aromatic rings. The quantitative estimate of drug-likeness (QED) is 0.682. The second kappa shape index (κ2) is 9.79. The highest BCUT2D eigenvalue weighted by molar-refractivity contribution is 5.89. The van der Waals surface area contributed by atoms with Gasteiger partial charge in [-0.25, -0.2) is 14.2 Å². The fourth-order valence-electron chi connectivity index (χ4n) is 4.08. The molecule has 1 aromatic carbocycles. The van der Waals surface area contributed by atoms with Crippen molar-refractivity contribution < 1.29 is 13.9 Å². The predicted molar refractivity (Wildman–Crippen MR) is 121 cm³/mol. The van der Waals surface area contributed by atoms with Crippen molar-refractivity contribution in [2.24, 2.45) is 5.92 Å². The van der Waals surface area contributed by atoms with Gasteiger partial charge in [-0.3, -0.25) is 9.80 Å². The number of benzene rings is 1. The van der Waals surface area contributed by atoms with Crippen LogP contribution in [0, 0.1) is 11.7 Å². The first kappa shape index (κ1) is 22.4. The van der Waals surface area contributed by atoms with Crippen LogP contribution in [0.2, 0.25) is 0 Å². The van der Waals surface area contributed by atoms with Crippen LogP contribution >= 0.6 is 0 Å². The van der Waals surface area contributed by atoms with Crippen LogP contribution in [0.25, 0.3) is 0 Å². The van der Waals surface area contributed by atoms with Crippen LogP contribution in [-0.4, -0.2) is 59.8 Å². The summed E-state index contributed by atoms with van der Waals surface area (Å²) in [7, 11) is 0. The summed E-state index contributed by atoms with van der Waals surface area (Å²) in [5, 5.41) is 6.59. The summed E-state index contributed by atoms with van der Waals surface area (Å²) in [5.74, 6) is -0.334. The zero-order valence-electron chi connectivity index (χ0n) is 18.8. The average Bonchev–Trinajstić information content (AvgIpc) is 3.18. The highest BCUT2D eigenvalue weighted by Crippen LogP contribution is 2.29. The van der Waals surface area contributed by atoms with Crippen LogP contribution in [0.4, 0.5) is 21.0 Å². The SMILES string of the molecule is CC(Nc1ncc(F)c(N2C(=O)OC[C@@H]2C(C)C)n1)c1ccc(CN2CCNCC2)cc1. The molecular weight excluding hydrogens is 411 g/mol. The van der Waals surface area contributed by atoms with Crippen molar-refractivity contribution >= 4 is 17.9 Å². The van der Waals surface area contributed by atoms with E-state index in [9.17, 15) is 9.18 Å². The molecule has 9 heteroatoms. The Bertz CT molecular complexity index is 933. The fourth-order valence-corrected chi connectivity index (χ4v) is 4.08. The molecule has 1 amide bonds. The molecule has 2 fully saturated rings. The highest BCUT2D eigenvalue weighted by Gasteiger charge is 2.38.